The van der Waals surface area contributed by atoms with Gasteiger partial charge in [-0.25, -0.2) is 15.5 Å². The highest BCUT2D eigenvalue weighted by molar-refractivity contribution is 6.05. The average molecular weight is 281 g/mol. The minimum Gasteiger partial charge on any atom is -0.465 e. The predicted molar refractivity (Wildman–Crippen MR) is 68.6 cm³/mol. The smallest absolute Gasteiger partial charge is 0.340 e. The SMILES string of the molecule is COC(=O)c1c(C)c(NOO)cc2[nH]c(=O)c(=O)[nH]c12. The lowest BCUT2D eigenvalue weighted by molar-refractivity contribution is -0.215. The average Bonchev–Trinajstić information content (AvgIpc) is 2.42. The number of carbonyl (C=O) groups excluding carboxylic acids is 1. The lowest BCUT2D eigenvalue weighted by Gasteiger charge is -2.12. The van der Waals surface area contributed by atoms with Crippen molar-refractivity contribution >= 4 is 22.7 Å². The molecule has 0 unspecified atom stereocenters. The van der Waals surface area contributed by atoms with Gasteiger partial charge in [0, 0.05) is 0 Å². The maximum Gasteiger partial charge on any atom is 0.340 e. The summed E-state index contributed by atoms with van der Waals surface area (Å²) in [6.45, 7) is 1.55. The van der Waals surface area contributed by atoms with Crippen LogP contribution in [0, 0.1) is 6.92 Å². The van der Waals surface area contributed by atoms with Crippen LogP contribution in [0.15, 0.2) is 15.7 Å². The maximum atomic E-state index is 11.8. The third-order valence-corrected chi connectivity index (χ3v) is 2.83. The Hall–Kier alpha value is -2.65. The van der Waals surface area contributed by atoms with Gasteiger partial charge in [-0.2, -0.15) is 0 Å². The highest BCUT2D eigenvalue weighted by Gasteiger charge is 2.19. The summed E-state index contributed by atoms with van der Waals surface area (Å²) in [5, 5.41) is 8.44. The summed E-state index contributed by atoms with van der Waals surface area (Å²) in [5.74, 6) is -0.711. The number of aromatic amines is 2. The second-order valence-electron chi connectivity index (χ2n) is 3.94. The van der Waals surface area contributed by atoms with Crippen LogP contribution < -0.4 is 16.6 Å². The van der Waals surface area contributed by atoms with Crippen molar-refractivity contribution in [1.29, 1.82) is 0 Å². The molecule has 0 fully saturated rings. The van der Waals surface area contributed by atoms with E-state index in [-0.39, 0.29) is 22.3 Å². The number of fused-ring (bicyclic) bond motifs is 1. The number of hydrogen-bond donors (Lipinski definition) is 4. The number of H-pyrrole nitrogens is 2. The van der Waals surface area contributed by atoms with E-state index >= 15 is 0 Å². The molecule has 2 aromatic rings. The first-order valence-corrected chi connectivity index (χ1v) is 5.44. The van der Waals surface area contributed by atoms with E-state index in [2.05, 4.69) is 25.2 Å². The topological polar surface area (TPSA) is 134 Å². The fourth-order valence-electron chi connectivity index (χ4n) is 1.87. The number of carbonyl (C=O) groups is 1. The number of rotatable bonds is 3. The molecular formula is C11H11N3O6. The lowest BCUT2D eigenvalue weighted by atomic mass is 10.0. The molecule has 0 saturated heterocycles. The molecule has 9 heteroatoms. The molecule has 0 bridgehead atoms. The Morgan fingerprint density at radius 3 is 2.55 bits per heavy atom. The molecule has 0 aliphatic heterocycles. The Bertz CT molecular complexity index is 791. The van der Waals surface area contributed by atoms with Crippen molar-refractivity contribution in [3.63, 3.8) is 0 Å². The molecule has 2 rings (SSSR count). The Morgan fingerprint density at radius 1 is 1.30 bits per heavy atom. The molecule has 0 aliphatic rings. The number of aromatic nitrogens is 2. The van der Waals surface area contributed by atoms with Crippen LogP contribution in [0.4, 0.5) is 5.69 Å². The number of nitrogens with one attached hydrogen (secondary N) is 3. The summed E-state index contributed by atoms with van der Waals surface area (Å²) < 4.78 is 4.64. The molecule has 0 amide bonds. The second-order valence-corrected chi connectivity index (χ2v) is 3.94. The first kappa shape index (κ1) is 13.8. The van der Waals surface area contributed by atoms with Crippen molar-refractivity contribution in [1.82, 2.24) is 9.97 Å². The van der Waals surface area contributed by atoms with E-state index in [1.54, 1.807) is 6.92 Å². The van der Waals surface area contributed by atoms with Gasteiger partial charge in [-0.3, -0.25) is 9.59 Å². The van der Waals surface area contributed by atoms with Gasteiger partial charge in [0.1, 0.15) is 0 Å². The predicted octanol–water partition coefficient (Wildman–Crippen LogP) is 0.128. The van der Waals surface area contributed by atoms with Crippen molar-refractivity contribution in [3.05, 3.63) is 37.9 Å². The number of methoxy groups -OCH3 is 1. The minimum absolute atomic E-state index is 0.0397. The van der Waals surface area contributed by atoms with Crippen LogP contribution in [-0.4, -0.2) is 28.3 Å². The normalized spacial score (nSPS) is 10.6. The molecule has 9 nitrogen and oxygen atoms in total. The van der Waals surface area contributed by atoms with E-state index in [0.29, 0.717) is 5.56 Å². The standard InChI is InChI=1S/C11H11N3O6/c1-4-5(14-20-18)3-6-8(7(4)11(17)19-2)13-10(16)9(15)12-6/h3,14,18H,1-2H3,(H,12,15)(H,13,16). The van der Waals surface area contributed by atoms with Gasteiger partial charge in [0.15, 0.2) is 0 Å². The number of esters is 1. The van der Waals surface area contributed by atoms with Crippen LogP contribution in [0.3, 0.4) is 0 Å². The van der Waals surface area contributed by atoms with Gasteiger partial charge in [0.25, 0.3) is 0 Å². The number of ether oxygens (including phenoxy) is 1. The van der Waals surface area contributed by atoms with Crippen LogP contribution >= 0.6 is 0 Å². The van der Waals surface area contributed by atoms with Crippen LogP contribution in [0.5, 0.6) is 0 Å². The van der Waals surface area contributed by atoms with Crippen LogP contribution in [0.1, 0.15) is 15.9 Å². The molecular weight excluding hydrogens is 270 g/mol. The van der Waals surface area contributed by atoms with Crippen LogP contribution in [0.25, 0.3) is 11.0 Å². The van der Waals surface area contributed by atoms with Crippen molar-refractivity contribution in [2.45, 2.75) is 6.92 Å². The summed E-state index contributed by atoms with van der Waals surface area (Å²) >= 11 is 0. The molecule has 0 saturated carbocycles. The lowest BCUT2D eigenvalue weighted by Crippen LogP contribution is -2.29. The Morgan fingerprint density at radius 2 is 1.95 bits per heavy atom. The molecule has 1 aromatic heterocycles. The largest absolute Gasteiger partial charge is 0.465 e. The van der Waals surface area contributed by atoms with Crippen molar-refractivity contribution in [2.24, 2.45) is 0 Å². The van der Waals surface area contributed by atoms with E-state index in [1.807, 2.05) is 0 Å². The summed E-state index contributed by atoms with van der Waals surface area (Å²) in [4.78, 5) is 43.0. The first-order chi connectivity index (χ1) is 9.49. The molecule has 1 heterocycles. The number of hydrogen-bond acceptors (Lipinski definition) is 7. The fourth-order valence-corrected chi connectivity index (χ4v) is 1.87. The molecule has 106 valence electrons. The zero-order valence-corrected chi connectivity index (χ0v) is 10.6. The van der Waals surface area contributed by atoms with E-state index in [4.69, 9.17) is 5.26 Å². The Kier molecular flexibility index (Phi) is 3.55. The molecule has 0 radical (unpaired) electrons. The molecule has 0 atom stereocenters. The van der Waals surface area contributed by atoms with Gasteiger partial charge in [-0.1, -0.05) is 0 Å². The molecule has 0 spiro atoms. The minimum atomic E-state index is -0.888. The molecule has 4 N–H and O–H groups in total. The highest BCUT2D eigenvalue weighted by Crippen LogP contribution is 2.26. The third kappa shape index (κ3) is 2.15. The quantitative estimate of drug-likeness (QED) is 0.272. The Balaban J connectivity index is 2.93. The van der Waals surface area contributed by atoms with Crippen LogP contribution in [0.2, 0.25) is 0 Å². The van der Waals surface area contributed by atoms with Gasteiger partial charge < -0.3 is 14.7 Å². The molecule has 20 heavy (non-hydrogen) atoms. The van der Waals surface area contributed by atoms with Crippen molar-refractivity contribution in [2.75, 3.05) is 12.6 Å². The second kappa shape index (κ2) is 5.15. The van der Waals surface area contributed by atoms with Gasteiger partial charge >= 0.3 is 17.1 Å². The fraction of sp³-hybridized carbons (Fsp3) is 0.182. The summed E-state index contributed by atoms with van der Waals surface area (Å²) in [6, 6.07) is 1.39. The number of anilines is 1. The van der Waals surface area contributed by atoms with Crippen molar-refractivity contribution in [3.8, 4) is 0 Å². The zero-order valence-electron chi connectivity index (χ0n) is 10.6. The molecule has 0 aliphatic carbocycles. The van der Waals surface area contributed by atoms with Crippen LogP contribution in [-0.2, 0) is 9.73 Å². The highest BCUT2D eigenvalue weighted by atomic mass is 17.2. The summed E-state index contributed by atoms with van der Waals surface area (Å²) in [5.41, 5.74) is 1.33. The van der Waals surface area contributed by atoms with E-state index in [9.17, 15) is 14.4 Å². The van der Waals surface area contributed by atoms with Gasteiger partial charge in [-0.05, 0) is 18.6 Å². The van der Waals surface area contributed by atoms with E-state index < -0.39 is 17.1 Å². The van der Waals surface area contributed by atoms with Crippen molar-refractivity contribution < 1.29 is 19.8 Å². The maximum absolute atomic E-state index is 11.8. The first-order valence-electron chi connectivity index (χ1n) is 5.44. The summed E-state index contributed by atoms with van der Waals surface area (Å²) in [6.07, 6.45) is 0. The zero-order chi connectivity index (χ0) is 14.9. The van der Waals surface area contributed by atoms with Gasteiger partial charge in [-0.15, -0.1) is 4.99 Å². The molecule has 1 aromatic carbocycles. The van der Waals surface area contributed by atoms with E-state index in [1.165, 1.54) is 13.2 Å². The van der Waals surface area contributed by atoms with Gasteiger partial charge in [0.05, 0.1) is 29.4 Å². The summed E-state index contributed by atoms with van der Waals surface area (Å²) in [7, 11) is 1.18. The van der Waals surface area contributed by atoms with Gasteiger partial charge in [0.2, 0.25) is 0 Å². The third-order valence-electron chi connectivity index (χ3n) is 2.83. The Labute approximate surface area is 111 Å². The monoisotopic (exact) mass is 281 g/mol. The van der Waals surface area contributed by atoms with E-state index in [0.717, 1.165) is 0 Å². The number of benzene rings is 1.